The van der Waals surface area contributed by atoms with Crippen molar-refractivity contribution in [2.45, 2.75) is 88.6 Å². The molecule has 0 bridgehead atoms. The van der Waals surface area contributed by atoms with Crippen LogP contribution in [0.15, 0.2) is 48.5 Å². The molecule has 1 heterocycles. The van der Waals surface area contributed by atoms with Gasteiger partial charge in [-0.05, 0) is 67.9 Å². The van der Waals surface area contributed by atoms with Gasteiger partial charge in [0.1, 0.15) is 29.9 Å². The minimum Gasteiger partial charge on any atom is -0.388 e. The number of ether oxygens (including phenoxy) is 2. The molecule has 1 aliphatic heterocycles. The van der Waals surface area contributed by atoms with E-state index in [0.717, 1.165) is 18.4 Å². The third kappa shape index (κ3) is 8.47. The van der Waals surface area contributed by atoms with Crippen LogP contribution < -0.4 is 0 Å². The number of hydrogen-bond donors (Lipinski definition) is 2. The molecule has 2 N–H and O–H groups in total. The first-order valence-corrected chi connectivity index (χ1v) is 16.1. The normalized spacial score (nSPS) is 25.2. The van der Waals surface area contributed by atoms with Gasteiger partial charge in [0, 0.05) is 39.4 Å². The summed E-state index contributed by atoms with van der Waals surface area (Å²) in [6, 6.07) is 11.5. The second-order valence-electron chi connectivity index (χ2n) is 12.9. The quantitative estimate of drug-likeness (QED) is 0.480. The second kappa shape index (κ2) is 16.1. The van der Waals surface area contributed by atoms with Crippen molar-refractivity contribution >= 4 is 11.8 Å². The van der Waals surface area contributed by atoms with E-state index in [1.807, 2.05) is 18.7 Å². The van der Waals surface area contributed by atoms with E-state index < -0.39 is 41.5 Å². The highest BCUT2D eigenvalue weighted by atomic mass is 19.1. The molecule has 2 aliphatic rings. The third-order valence-corrected chi connectivity index (χ3v) is 9.24. The number of rotatable bonds is 6. The van der Waals surface area contributed by atoms with Crippen LogP contribution in [0.1, 0.15) is 74.7 Å². The average molecular weight is 631 g/mol. The Kier molecular flexibility index (Phi) is 12.5. The van der Waals surface area contributed by atoms with Crippen molar-refractivity contribution in [2.24, 2.45) is 5.92 Å². The number of nitrogens with zero attached hydrogens (tertiary/aromatic N) is 2. The summed E-state index contributed by atoms with van der Waals surface area (Å²) >= 11 is 0. The van der Waals surface area contributed by atoms with Crippen LogP contribution in [0.2, 0.25) is 0 Å². The maximum absolute atomic E-state index is 15.0. The summed E-state index contributed by atoms with van der Waals surface area (Å²) in [4.78, 5) is 32.2. The first-order valence-electron chi connectivity index (χ1n) is 16.1. The summed E-state index contributed by atoms with van der Waals surface area (Å²) in [5.41, 5.74) is -0.166. The van der Waals surface area contributed by atoms with Crippen molar-refractivity contribution in [2.75, 3.05) is 40.0 Å². The van der Waals surface area contributed by atoms with Crippen molar-refractivity contribution in [3.05, 3.63) is 71.3 Å². The van der Waals surface area contributed by atoms with Gasteiger partial charge in [-0.25, -0.2) is 8.78 Å². The molecule has 0 unspecified atom stereocenters. The Labute approximate surface area is 265 Å². The summed E-state index contributed by atoms with van der Waals surface area (Å²) in [7, 11) is 1.38. The Morgan fingerprint density at radius 1 is 1.00 bits per heavy atom. The zero-order valence-corrected chi connectivity index (χ0v) is 26.7. The molecule has 4 rings (SSSR count). The van der Waals surface area contributed by atoms with Crippen LogP contribution in [0.3, 0.4) is 0 Å². The Morgan fingerprint density at radius 3 is 2.33 bits per heavy atom. The summed E-state index contributed by atoms with van der Waals surface area (Å²) in [5, 5.41) is 21.6. The predicted molar refractivity (Wildman–Crippen MR) is 167 cm³/mol. The SMILES string of the molecule is CO[C@@H]1CN(C(=O)c2ccccc2F)C[C@@H](CC(C)C)N(C(=O)C2(c3ccc(F)cc3)CCCC2)CCCCOC[C@@H](O)[C@H]1O. The molecule has 2 aromatic carbocycles. The van der Waals surface area contributed by atoms with Crippen molar-refractivity contribution in [3.8, 4) is 0 Å². The highest BCUT2D eigenvalue weighted by Gasteiger charge is 2.47. The summed E-state index contributed by atoms with van der Waals surface area (Å²) in [6.07, 6.45) is 1.15. The summed E-state index contributed by atoms with van der Waals surface area (Å²) in [5.74, 6) is -1.55. The number of carbonyl (C=O) groups excluding carboxylic acids is 2. The fourth-order valence-corrected chi connectivity index (χ4v) is 6.82. The van der Waals surface area contributed by atoms with Gasteiger partial charge in [0.2, 0.25) is 5.91 Å². The van der Waals surface area contributed by atoms with E-state index in [0.29, 0.717) is 45.3 Å². The highest BCUT2D eigenvalue weighted by molar-refractivity contribution is 5.94. The predicted octanol–water partition coefficient (Wildman–Crippen LogP) is 4.71. The molecule has 248 valence electrons. The van der Waals surface area contributed by atoms with Crippen LogP contribution in [-0.4, -0.2) is 96.1 Å². The van der Waals surface area contributed by atoms with E-state index in [2.05, 4.69) is 0 Å². The maximum Gasteiger partial charge on any atom is 0.256 e. The van der Waals surface area contributed by atoms with Crippen LogP contribution >= 0.6 is 0 Å². The van der Waals surface area contributed by atoms with E-state index in [9.17, 15) is 28.6 Å². The van der Waals surface area contributed by atoms with Gasteiger partial charge in [-0.2, -0.15) is 0 Å². The van der Waals surface area contributed by atoms with Gasteiger partial charge < -0.3 is 29.5 Å². The monoisotopic (exact) mass is 630 g/mol. The molecule has 0 radical (unpaired) electrons. The van der Waals surface area contributed by atoms with Gasteiger partial charge in [0.15, 0.2) is 0 Å². The molecule has 2 amide bonds. The molecule has 0 aromatic heterocycles. The molecule has 2 fully saturated rings. The van der Waals surface area contributed by atoms with Gasteiger partial charge >= 0.3 is 0 Å². The summed E-state index contributed by atoms with van der Waals surface area (Å²) in [6.45, 7) is 4.62. The zero-order chi connectivity index (χ0) is 32.6. The molecule has 2 aromatic rings. The highest BCUT2D eigenvalue weighted by Crippen LogP contribution is 2.43. The lowest BCUT2D eigenvalue weighted by Gasteiger charge is -2.42. The molecule has 1 saturated carbocycles. The molecular weight excluding hydrogens is 582 g/mol. The van der Waals surface area contributed by atoms with E-state index in [1.165, 1.54) is 42.3 Å². The first kappa shape index (κ1) is 34.9. The number of halogens is 2. The zero-order valence-electron chi connectivity index (χ0n) is 26.7. The molecule has 10 heteroatoms. The van der Waals surface area contributed by atoms with Gasteiger partial charge in [0.25, 0.3) is 5.91 Å². The Morgan fingerprint density at radius 2 is 1.69 bits per heavy atom. The largest absolute Gasteiger partial charge is 0.388 e. The number of aliphatic hydroxyl groups is 2. The van der Waals surface area contributed by atoms with Crippen LogP contribution in [0, 0.1) is 17.6 Å². The van der Waals surface area contributed by atoms with Crippen molar-refractivity contribution in [3.63, 3.8) is 0 Å². The fourth-order valence-electron chi connectivity index (χ4n) is 6.82. The lowest BCUT2D eigenvalue weighted by Crippen LogP contribution is -2.56. The van der Waals surface area contributed by atoms with Crippen LogP contribution in [0.5, 0.6) is 0 Å². The molecule has 4 atom stereocenters. The molecule has 1 saturated heterocycles. The van der Waals surface area contributed by atoms with Gasteiger partial charge in [-0.15, -0.1) is 0 Å². The smallest absolute Gasteiger partial charge is 0.256 e. The van der Waals surface area contributed by atoms with E-state index in [-0.39, 0.29) is 42.9 Å². The van der Waals surface area contributed by atoms with Crippen molar-refractivity contribution < 1.29 is 38.1 Å². The van der Waals surface area contributed by atoms with E-state index in [1.54, 1.807) is 18.2 Å². The number of hydrogen-bond acceptors (Lipinski definition) is 6. The summed E-state index contributed by atoms with van der Waals surface area (Å²) < 4.78 is 40.2. The Balaban J connectivity index is 1.79. The average Bonchev–Trinajstić information content (AvgIpc) is 3.52. The molecule has 1 aliphatic carbocycles. The van der Waals surface area contributed by atoms with Gasteiger partial charge in [-0.1, -0.05) is 51.0 Å². The molecule has 0 spiro atoms. The standard InChI is InChI=1S/C35H48F2N2O6/c1-24(2)20-27-21-38(33(42)28-10-4-5-11-29(28)37)22-31(44-3)32(41)30(40)23-45-19-9-8-18-39(27)34(43)35(16-6-7-17-35)25-12-14-26(36)15-13-25/h4-5,10-15,24,27,30-32,40-41H,6-9,16-23H2,1-3H3/t27-,30-,31-,32-/m1/s1. The first-order chi connectivity index (χ1) is 21.6. The number of benzene rings is 2. The van der Waals surface area contributed by atoms with Crippen molar-refractivity contribution in [1.82, 2.24) is 9.80 Å². The fraction of sp³-hybridized carbons (Fsp3) is 0.600. The van der Waals surface area contributed by atoms with E-state index >= 15 is 0 Å². The van der Waals surface area contributed by atoms with Crippen molar-refractivity contribution in [1.29, 1.82) is 0 Å². The molecule has 8 nitrogen and oxygen atoms in total. The van der Waals surface area contributed by atoms with Gasteiger partial charge in [-0.3, -0.25) is 9.59 Å². The number of amides is 2. The lowest BCUT2D eigenvalue weighted by molar-refractivity contribution is -0.141. The third-order valence-electron chi connectivity index (χ3n) is 9.24. The van der Waals surface area contributed by atoms with Gasteiger partial charge in [0.05, 0.1) is 17.6 Å². The minimum atomic E-state index is -1.38. The van der Waals surface area contributed by atoms with E-state index in [4.69, 9.17) is 9.47 Å². The minimum absolute atomic E-state index is 0.0534. The van der Waals surface area contributed by atoms with Crippen LogP contribution in [-0.2, 0) is 19.7 Å². The Hall–Kier alpha value is -2.92. The van der Waals surface area contributed by atoms with Crippen LogP contribution in [0.4, 0.5) is 8.78 Å². The second-order valence-corrected chi connectivity index (χ2v) is 12.9. The number of aliphatic hydroxyl groups excluding tert-OH is 2. The Bertz CT molecular complexity index is 1250. The lowest BCUT2D eigenvalue weighted by atomic mass is 9.77. The maximum atomic E-state index is 15.0. The molecule has 45 heavy (non-hydrogen) atoms. The topological polar surface area (TPSA) is 99.5 Å². The van der Waals surface area contributed by atoms with Crippen LogP contribution in [0.25, 0.3) is 0 Å². The number of carbonyl (C=O) groups is 2. The number of methoxy groups -OCH3 is 1. The molecular formula is C35H48F2N2O6.